The molecule has 4 rings (SSSR count). The van der Waals surface area contributed by atoms with Crippen molar-refractivity contribution in [3.8, 4) is 17.2 Å². The maximum atomic E-state index is 12.5. The summed E-state index contributed by atoms with van der Waals surface area (Å²) < 4.78 is 39.7. The van der Waals surface area contributed by atoms with Gasteiger partial charge in [0.1, 0.15) is 11.9 Å². The van der Waals surface area contributed by atoms with E-state index in [0.717, 1.165) is 5.69 Å². The van der Waals surface area contributed by atoms with Crippen molar-refractivity contribution in [3.63, 3.8) is 0 Å². The molecule has 28 heavy (non-hydrogen) atoms. The van der Waals surface area contributed by atoms with Crippen LogP contribution in [0.1, 0.15) is 11.9 Å². The summed E-state index contributed by atoms with van der Waals surface area (Å²) in [6.45, 7) is -0.228. The van der Waals surface area contributed by atoms with Gasteiger partial charge in [0, 0.05) is 18.9 Å². The molecule has 0 saturated heterocycles. The minimum Gasteiger partial charge on any atom is -0.461 e. The summed E-state index contributed by atoms with van der Waals surface area (Å²) in [6.07, 6.45) is 3.78. The van der Waals surface area contributed by atoms with Crippen LogP contribution in [0.5, 0.6) is 0 Å². The Morgan fingerprint density at radius 2 is 1.89 bits per heavy atom. The normalized spacial score (nSPS) is 12.9. The highest BCUT2D eigenvalue weighted by Crippen LogP contribution is 2.25. The van der Waals surface area contributed by atoms with Crippen molar-refractivity contribution in [2.75, 3.05) is 6.54 Å². The fourth-order valence-corrected chi connectivity index (χ4v) is 3.69. The van der Waals surface area contributed by atoms with Crippen LogP contribution >= 0.6 is 0 Å². The summed E-state index contributed by atoms with van der Waals surface area (Å²) in [7, 11) is -3.79. The number of nitrogens with one attached hydrogen (secondary N) is 1. The molecule has 1 aromatic carbocycles. The third kappa shape index (κ3) is 3.77. The number of sulfonamides is 1. The first-order valence-electron chi connectivity index (χ1n) is 8.44. The zero-order valence-corrected chi connectivity index (χ0v) is 15.4. The van der Waals surface area contributed by atoms with Crippen LogP contribution in [0.2, 0.25) is 0 Å². The van der Waals surface area contributed by atoms with Crippen molar-refractivity contribution < 1.29 is 22.4 Å². The molecule has 2 N–H and O–H groups in total. The van der Waals surface area contributed by atoms with E-state index in [9.17, 15) is 13.5 Å². The van der Waals surface area contributed by atoms with Gasteiger partial charge in [0.05, 0.1) is 16.8 Å². The van der Waals surface area contributed by atoms with Gasteiger partial charge in [-0.2, -0.15) is 5.10 Å². The first kappa shape index (κ1) is 18.2. The minimum absolute atomic E-state index is 0.0892. The average Bonchev–Trinajstić information content (AvgIpc) is 3.48. The summed E-state index contributed by atoms with van der Waals surface area (Å²) >= 11 is 0. The molecule has 9 heteroatoms. The molecule has 1 atom stereocenters. The lowest BCUT2D eigenvalue weighted by molar-refractivity contribution is 0.154. The number of rotatable bonds is 7. The van der Waals surface area contributed by atoms with Gasteiger partial charge in [0.25, 0.3) is 0 Å². The monoisotopic (exact) mass is 399 g/mol. The molecule has 0 amide bonds. The Balaban J connectivity index is 1.42. The summed E-state index contributed by atoms with van der Waals surface area (Å²) in [6, 6.07) is 14.7. The largest absolute Gasteiger partial charge is 0.461 e. The Hall–Kier alpha value is -3.14. The van der Waals surface area contributed by atoms with Crippen molar-refractivity contribution >= 4 is 10.0 Å². The number of hydrogen-bond acceptors (Lipinski definition) is 6. The summed E-state index contributed by atoms with van der Waals surface area (Å²) in [5.74, 6) is 1.22. The fraction of sp³-hybridized carbons (Fsp3) is 0.105. The number of aliphatic hydroxyl groups is 1. The number of nitrogens with zero attached hydrogens (tertiary/aromatic N) is 2. The molecule has 3 heterocycles. The highest BCUT2D eigenvalue weighted by Gasteiger charge is 2.19. The van der Waals surface area contributed by atoms with Crippen LogP contribution in [0.25, 0.3) is 17.2 Å². The molecule has 0 saturated carbocycles. The zero-order chi connectivity index (χ0) is 19.6. The highest BCUT2D eigenvalue weighted by molar-refractivity contribution is 7.89. The van der Waals surface area contributed by atoms with E-state index in [2.05, 4.69) is 9.82 Å². The number of aromatic nitrogens is 2. The molecular formula is C19H17N3O5S. The lowest BCUT2D eigenvalue weighted by atomic mass is 10.3. The SMILES string of the molecule is O=S(=O)(NCC(O)c1ccc(-c2ccco2)o1)c1ccc(-n2cccn2)cc1. The van der Waals surface area contributed by atoms with E-state index < -0.39 is 16.1 Å². The Morgan fingerprint density at radius 1 is 1.07 bits per heavy atom. The quantitative estimate of drug-likeness (QED) is 0.494. The second kappa shape index (κ2) is 7.47. The zero-order valence-electron chi connectivity index (χ0n) is 14.6. The van der Waals surface area contributed by atoms with Gasteiger partial charge in [-0.25, -0.2) is 17.8 Å². The molecule has 0 fully saturated rings. The molecule has 0 aliphatic heterocycles. The standard InChI is InChI=1S/C19H17N3O5S/c23-16(17-8-9-19(27-17)18-3-1-12-26-18)13-21-28(24,25)15-6-4-14(5-7-15)22-11-2-10-20-22/h1-12,16,21,23H,13H2. The van der Waals surface area contributed by atoms with Crippen molar-refractivity contribution in [2.45, 2.75) is 11.0 Å². The highest BCUT2D eigenvalue weighted by atomic mass is 32.2. The molecule has 1 unspecified atom stereocenters. The molecular weight excluding hydrogens is 382 g/mol. The molecule has 0 aliphatic carbocycles. The van der Waals surface area contributed by atoms with E-state index in [-0.39, 0.29) is 17.2 Å². The third-order valence-corrected chi connectivity index (χ3v) is 5.54. The first-order chi connectivity index (χ1) is 13.5. The number of furan rings is 2. The van der Waals surface area contributed by atoms with Gasteiger partial charge in [0.15, 0.2) is 11.5 Å². The maximum absolute atomic E-state index is 12.5. The van der Waals surface area contributed by atoms with Gasteiger partial charge in [-0.1, -0.05) is 0 Å². The van der Waals surface area contributed by atoms with Crippen LogP contribution in [0.15, 0.2) is 87.0 Å². The van der Waals surface area contributed by atoms with Gasteiger partial charge in [0.2, 0.25) is 10.0 Å². The van der Waals surface area contributed by atoms with E-state index in [4.69, 9.17) is 8.83 Å². The summed E-state index contributed by atoms with van der Waals surface area (Å²) in [4.78, 5) is 0.0892. The second-order valence-corrected chi connectivity index (χ2v) is 7.76. The first-order valence-corrected chi connectivity index (χ1v) is 9.93. The van der Waals surface area contributed by atoms with Gasteiger partial charge < -0.3 is 13.9 Å². The van der Waals surface area contributed by atoms with Gasteiger partial charge in [-0.3, -0.25) is 0 Å². The summed E-state index contributed by atoms with van der Waals surface area (Å²) in [5.41, 5.74) is 0.741. The van der Waals surface area contributed by atoms with E-state index in [1.165, 1.54) is 18.4 Å². The minimum atomic E-state index is -3.79. The van der Waals surface area contributed by atoms with Crippen molar-refractivity contribution in [1.82, 2.24) is 14.5 Å². The molecule has 0 aliphatic rings. The third-order valence-electron chi connectivity index (χ3n) is 4.10. The molecule has 0 radical (unpaired) electrons. The number of hydrogen-bond donors (Lipinski definition) is 2. The number of aliphatic hydroxyl groups excluding tert-OH is 1. The van der Waals surface area contributed by atoms with Crippen LogP contribution in [0.3, 0.4) is 0 Å². The van der Waals surface area contributed by atoms with Gasteiger partial charge >= 0.3 is 0 Å². The Bertz CT molecular complexity index is 1130. The van der Waals surface area contributed by atoms with Crippen molar-refractivity contribution in [3.05, 3.63) is 79.0 Å². The maximum Gasteiger partial charge on any atom is 0.240 e. The van der Waals surface area contributed by atoms with Crippen LogP contribution in [0.4, 0.5) is 0 Å². The molecule has 0 bridgehead atoms. The molecule has 8 nitrogen and oxygen atoms in total. The van der Waals surface area contributed by atoms with Crippen LogP contribution in [-0.2, 0) is 10.0 Å². The van der Waals surface area contributed by atoms with Crippen LogP contribution in [0, 0.1) is 0 Å². The van der Waals surface area contributed by atoms with Gasteiger partial charge in [-0.15, -0.1) is 0 Å². The van der Waals surface area contributed by atoms with E-state index in [1.54, 1.807) is 59.5 Å². The van der Waals surface area contributed by atoms with Crippen LogP contribution in [-0.4, -0.2) is 29.8 Å². The molecule has 3 aromatic heterocycles. The average molecular weight is 399 g/mol. The lowest BCUT2D eigenvalue weighted by Crippen LogP contribution is -2.28. The Kier molecular flexibility index (Phi) is 4.86. The van der Waals surface area contributed by atoms with E-state index in [0.29, 0.717) is 11.5 Å². The van der Waals surface area contributed by atoms with E-state index in [1.807, 2.05) is 0 Å². The molecule has 144 valence electrons. The lowest BCUT2D eigenvalue weighted by Gasteiger charge is -2.11. The predicted octanol–water partition coefficient (Wildman–Crippen LogP) is 2.74. The molecule has 4 aromatic rings. The predicted molar refractivity (Wildman–Crippen MR) is 100 cm³/mol. The Labute approximate surface area is 161 Å². The Morgan fingerprint density at radius 3 is 2.57 bits per heavy atom. The van der Waals surface area contributed by atoms with Crippen LogP contribution < -0.4 is 4.72 Å². The smallest absolute Gasteiger partial charge is 0.240 e. The molecule has 0 spiro atoms. The van der Waals surface area contributed by atoms with Crippen molar-refractivity contribution in [2.24, 2.45) is 0 Å². The van der Waals surface area contributed by atoms with Gasteiger partial charge in [-0.05, 0) is 54.6 Å². The second-order valence-electron chi connectivity index (χ2n) is 5.99. The number of benzene rings is 1. The van der Waals surface area contributed by atoms with E-state index >= 15 is 0 Å². The fourth-order valence-electron chi connectivity index (χ4n) is 2.66. The topological polar surface area (TPSA) is 111 Å². The van der Waals surface area contributed by atoms with Crippen molar-refractivity contribution in [1.29, 1.82) is 0 Å². The summed E-state index contributed by atoms with van der Waals surface area (Å²) in [5, 5.41) is 14.3.